The zero-order valence-electron chi connectivity index (χ0n) is 14.4. The van der Waals surface area contributed by atoms with Crippen LogP contribution in [0.4, 0.5) is 16.2 Å². The number of nitrogens with zero attached hydrogens (tertiary/aromatic N) is 2. The third-order valence-corrected chi connectivity index (χ3v) is 4.59. The number of rotatable bonds is 3. The molecule has 0 N–H and O–H groups in total. The number of benzene rings is 2. The predicted molar refractivity (Wildman–Crippen MR) is 96.4 cm³/mol. The van der Waals surface area contributed by atoms with Crippen molar-refractivity contribution in [3.8, 4) is 0 Å². The van der Waals surface area contributed by atoms with Crippen molar-refractivity contribution in [1.29, 1.82) is 0 Å². The second kappa shape index (κ2) is 7.05. The van der Waals surface area contributed by atoms with Crippen molar-refractivity contribution in [1.82, 2.24) is 0 Å². The fourth-order valence-electron chi connectivity index (χ4n) is 3.07. The number of hydrogen-bond donors (Lipinski definition) is 0. The van der Waals surface area contributed by atoms with E-state index >= 15 is 0 Å². The van der Waals surface area contributed by atoms with Gasteiger partial charge in [-0.05, 0) is 24.3 Å². The number of piperidine rings is 1. The number of carbonyl (C=O) groups is 1. The predicted octanol–water partition coefficient (Wildman–Crippen LogP) is 4.20. The average Bonchev–Trinajstić information content (AvgIpc) is 2.59. The molecule has 2 aromatic carbocycles. The molecule has 126 valence electrons. The molecule has 4 nitrogen and oxygen atoms in total. The van der Waals surface area contributed by atoms with E-state index in [-0.39, 0.29) is 12.2 Å². The van der Waals surface area contributed by atoms with Crippen LogP contribution in [0.3, 0.4) is 0 Å². The Morgan fingerprint density at radius 1 is 0.917 bits per heavy atom. The second-order valence-electron chi connectivity index (χ2n) is 6.97. The van der Waals surface area contributed by atoms with E-state index in [4.69, 9.17) is 4.74 Å². The largest absolute Gasteiger partial charge is 0.445 e. The van der Waals surface area contributed by atoms with E-state index in [1.807, 2.05) is 60.7 Å². The fourth-order valence-corrected chi connectivity index (χ4v) is 3.07. The van der Waals surface area contributed by atoms with Crippen LogP contribution < -0.4 is 4.90 Å². The van der Waals surface area contributed by atoms with Crippen LogP contribution in [-0.4, -0.2) is 43.9 Å². The monoisotopic (exact) mass is 325 g/mol. The van der Waals surface area contributed by atoms with Gasteiger partial charge in [-0.15, -0.1) is 0 Å². The lowest BCUT2D eigenvalue weighted by Gasteiger charge is -2.37. The van der Waals surface area contributed by atoms with Crippen molar-refractivity contribution in [2.45, 2.75) is 18.9 Å². The number of anilines is 2. The summed E-state index contributed by atoms with van der Waals surface area (Å²) >= 11 is 0. The molecule has 1 saturated heterocycles. The molecule has 0 spiro atoms. The van der Waals surface area contributed by atoms with Crippen molar-refractivity contribution < 1.29 is 14.0 Å². The highest BCUT2D eigenvalue weighted by molar-refractivity contribution is 5.96. The number of para-hydroxylation sites is 2. The number of amides is 1. The minimum absolute atomic E-state index is 0.00132. The fraction of sp³-hybridized carbons (Fsp3) is 0.350. The Kier molecular flexibility index (Phi) is 4.86. The summed E-state index contributed by atoms with van der Waals surface area (Å²) in [6, 6.07) is 19.3. The SMILES string of the molecule is C[N+]1(C)CCC(OC(=O)N(c2ccccc2)c2ccccc2)CC1. The summed E-state index contributed by atoms with van der Waals surface area (Å²) < 4.78 is 6.83. The first-order chi connectivity index (χ1) is 11.6. The van der Waals surface area contributed by atoms with E-state index in [1.165, 1.54) is 0 Å². The molecule has 1 aliphatic rings. The van der Waals surface area contributed by atoms with Crippen LogP contribution in [0.5, 0.6) is 0 Å². The van der Waals surface area contributed by atoms with Crippen LogP contribution in [0.25, 0.3) is 0 Å². The minimum Gasteiger partial charge on any atom is -0.445 e. The van der Waals surface area contributed by atoms with Crippen LogP contribution in [-0.2, 0) is 4.74 Å². The third-order valence-electron chi connectivity index (χ3n) is 4.59. The molecule has 0 atom stereocenters. The number of quaternary nitrogens is 1. The highest BCUT2D eigenvalue weighted by Crippen LogP contribution is 2.27. The molecule has 1 amide bonds. The van der Waals surface area contributed by atoms with Crippen LogP contribution in [0.15, 0.2) is 60.7 Å². The van der Waals surface area contributed by atoms with Crippen LogP contribution in [0.2, 0.25) is 0 Å². The Morgan fingerprint density at radius 2 is 1.38 bits per heavy atom. The lowest BCUT2D eigenvalue weighted by atomic mass is 10.1. The quantitative estimate of drug-likeness (QED) is 0.792. The summed E-state index contributed by atoms with van der Waals surface area (Å²) in [4.78, 5) is 14.5. The van der Waals surface area contributed by atoms with E-state index in [9.17, 15) is 4.79 Å². The molecule has 1 aliphatic heterocycles. The van der Waals surface area contributed by atoms with Gasteiger partial charge in [0.05, 0.1) is 38.6 Å². The average molecular weight is 325 g/mol. The maximum Gasteiger partial charge on any atom is 0.419 e. The van der Waals surface area contributed by atoms with Gasteiger partial charge in [-0.3, -0.25) is 0 Å². The van der Waals surface area contributed by atoms with Gasteiger partial charge in [0.25, 0.3) is 0 Å². The van der Waals surface area contributed by atoms with Crippen molar-refractivity contribution in [2.75, 3.05) is 32.1 Å². The standard InChI is InChI=1S/C20H25N2O2/c1-22(2)15-13-19(14-16-22)24-20(23)21(17-9-5-3-6-10-17)18-11-7-4-8-12-18/h3-12,19H,13-16H2,1-2H3/q+1. The van der Waals surface area contributed by atoms with Gasteiger partial charge in [0.1, 0.15) is 6.10 Å². The Balaban J connectivity index is 1.78. The zero-order valence-corrected chi connectivity index (χ0v) is 14.4. The van der Waals surface area contributed by atoms with E-state index in [2.05, 4.69) is 14.1 Å². The van der Waals surface area contributed by atoms with E-state index < -0.39 is 0 Å². The molecule has 0 saturated carbocycles. The summed E-state index contributed by atoms with van der Waals surface area (Å²) in [5.74, 6) is 0. The maximum atomic E-state index is 12.9. The third kappa shape index (κ3) is 3.95. The van der Waals surface area contributed by atoms with Gasteiger partial charge < -0.3 is 9.22 Å². The van der Waals surface area contributed by atoms with Gasteiger partial charge in [-0.1, -0.05) is 36.4 Å². The Hall–Kier alpha value is -2.33. The number of hydrogen-bond acceptors (Lipinski definition) is 2. The van der Waals surface area contributed by atoms with Crippen LogP contribution in [0.1, 0.15) is 12.8 Å². The first-order valence-electron chi connectivity index (χ1n) is 8.48. The molecule has 24 heavy (non-hydrogen) atoms. The van der Waals surface area contributed by atoms with Crippen molar-refractivity contribution in [2.24, 2.45) is 0 Å². The van der Waals surface area contributed by atoms with E-state index in [1.54, 1.807) is 4.90 Å². The second-order valence-corrected chi connectivity index (χ2v) is 6.97. The number of carbonyl (C=O) groups excluding carboxylic acids is 1. The topological polar surface area (TPSA) is 29.5 Å². The summed E-state index contributed by atoms with van der Waals surface area (Å²) in [5, 5.41) is 0. The van der Waals surface area contributed by atoms with Gasteiger partial charge in [-0.2, -0.15) is 0 Å². The Morgan fingerprint density at radius 3 is 1.83 bits per heavy atom. The van der Waals surface area contributed by atoms with Gasteiger partial charge >= 0.3 is 6.09 Å². The number of likely N-dealkylation sites (tertiary alicyclic amines) is 1. The molecule has 2 aromatic rings. The summed E-state index contributed by atoms with van der Waals surface area (Å²) in [6.45, 7) is 2.07. The number of ether oxygens (including phenoxy) is 1. The van der Waals surface area contributed by atoms with Gasteiger partial charge in [0.15, 0.2) is 0 Å². The van der Waals surface area contributed by atoms with E-state index in [0.29, 0.717) is 0 Å². The van der Waals surface area contributed by atoms with Crippen LogP contribution >= 0.6 is 0 Å². The molecule has 1 heterocycles. The highest BCUT2D eigenvalue weighted by atomic mass is 16.6. The maximum absolute atomic E-state index is 12.9. The molecule has 0 aliphatic carbocycles. The normalized spacial score (nSPS) is 17.2. The Labute approximate surface area is 143 Å². The smallest absolute Gasteiger partial charge is 0.419 e. The minimum atomic E-state index is -0.301. The van der Waals surface area contributed by atoms with Crippen molar-refractivity contribution >= 4 is 17.5 Å². The van der Waals surface area contributed by atoms with Gasteiger partial charge in [-0.25, -0.2) is 9.69 Å². The lowest BCUT2D eigenvalue weighted by molar-refractivity contribution is -0.896. The van der Waals surface area contributed by atoms with Crippen molar-refractivity contribution in [3.63, 3.8) is 0 Å². The summed E-state index contributed by atoms with van der Waals surface area (Å²) in [7, 11) is 4.44. The van der Waals surface area contributed by atoms with Crippen molar-refractivity contribution in [3.05, 3.63) is 60.7 Å². The summed E-state index contributed by atoms with van der Waals surface area (Å²) in [5.41, 5.74) is 1.64. The van der Waals surface area contributed by atoms with E-state index in [0.717, 1.165) is 41.8 Å². The molecule has 1 fully saturated rings. The molecular weight excluding hydrogens is 300 g/mol. The first kappa shape index (κ1) is 16.5. The molecule has 3 rings (SSSR count). The molecular formula is C20H25N2O2+. The lowest BCUT2D eigenvalue weighted by Crippen LogP contribution is -2.48. The van der Waals surface area contributed by atoms with Crippen LogP contribution in [0, 0.1) is 0 Å². The summed E-state index contributed by atoms with van der Waals surface area (Å²) in [6.07, 6.45) is 1.52. The first-order valence-corrected chi connectivity index (χ1v) is 8.48. The molecule has 0 aromatic heterocycles. The molecule has 0 unspecified atom stereocenters. The molecule has 0 radical (unpaired) electrons. The zero-order chi connectivity index (χ0) is 17.0. The molecule has 4 heteroatoms. The van der Waals surface area contributed by atoms with Gasteiger partial charge in [0.2, 0.25) is 0 Å². The Bertz CT molecular complexity index is 621. The van der Waals surface area contributed by atoms with Gasteiger partial charge in [0, 0.05) is 12.8 Å². The molecule has 0 bridgehead atoms. The highest BCUT2D eigenvalue weighted by Gasteiger charge is 2.30.